The van der Waals surface area contributed by atoms with E-state index in [1.165, 1.54) is 39.2 Å². The van der Waals surface area contributed by atoms with Crippen LogP contribution in [0.5, 0.6) is 0 Å². The van der Waals surface area contributed by atoms with Gasteiger partial charge in [0.2, 0.25) is 0 Å². The summed E-state index contributed by atoms with van der Waals surface area (Å²) in [4.78, 5) is 24.2. The van der Waals surface area contributed by atoms with Gasteiger partial charge in [-0.25, -0.2) is 0 Å². The van der Waals surface area contributed by atoms with E-state index in [4.69, 9.17) is 9.47 Å². The summed E-state index contributed by atoms with van der Waals surface area (Å²) in [7, 11) is 1.31. The Hall–Kier alpha value is -1.14. The molecular weight excluding hydrogens is 504 g/mol. The smallest absolute Gasteiger partial charge is 0.317 e. The Morgan fingerprint density at radius 1 is 0.750 bits per heavy atom. The highest BCUT2D eigenvalue weighted by molar-refractivity contribution is 5.91. The Bertz CT molecular complexity index is 1020. The van der Waals surface area contributed by atoms with Crippen LogP contribution < -0.4 is 0 Å². The number of ether oxygens (including phenoxy) is 3. The van der Waals surface area contributed by atoms with Crippen molar-refractivity contribution in [1.82, 2.24) is 0 Å². The van der Waals surface area contributed by atoms with E-state index in [2.05, 4.69) is 60.1 Å². The molecular formula is C34H56O6. The van der Waals surface area contributed by atoms with Crippen LogP contribution >= 0.6 is 0 Å². The second-order valence-electron chi connectivity index (χ2n) is 16.5. The number of esters is 2. The number of carbonyl (C=O) groups is 2. The molecule has 1 N–H and O–H groups in total. The Morgan fingerprint density at radius 2 is 1.43 bits per heavy atom. The van der Waals surface area contributed by atoms with Crippen LogP contribution in [0, 0.1) is 45.3 Å². The van der Waals surface area contributed by atoms with Crippen LogP contribution in [-0.4, -0.2) is 47.6 Å². The van der Waals surface area contributed by atoms with Gasteiger partial charge in [-0.3, -0.25) is 9.59 Å². The highest BCUT2D eigenvalue weighted by Gasteiger charge is 2.70. The fraction of sp³-hybridized carbons (Fsp3) is 0.941. The molecule has 0 aromatic carbocycles. The predicted octanol–water partition coefficient (Wildman–Crippen LogP) is 6.86. The number of rotatable bonds is 4. The highest BCUT2D eigenvalue weighted by atomic mass is 16.6. The van der Waals surface area contributed by atoms with E-state index in [1.807, 2.05) is 0 Å². The monoisotopic (exact) mass is 560 g/mol. The van der Waals surface area contributed by atoms with Crippen molar-refractivity contribution in [1.29, 1.82) is 0 Å². The molecule has 0 aromatic heterocycles. The summed E-state index contributed by atoms with van der Waals surface area (Å²) in [5.74, 6) is 1.30. The summed E-state index contributed by atoms with van der Waals surface area (Å²) in [5.41, 5.74) is -0.0840. The van der Waals surface area contributed by atoms with Crippen molar-refractivity contribution in [2.24, 2.45) is 45.3 Å². The molecule has 5 fully saturated rings. The maximum Gasteiger partial charge on any atom is 0.317 e. The summed E-state index contributed by atoms with van der Waals surface area (Å²) < 4.78 is 17.5. The van der Waals surface area contributed by atoms with Crippen molar-refractivity contribution in [3.05, 3.63) is 0 Å². The van der Waals surface area contributed by atoms with E-state index in [9.17, 15) is 14.7 Å². The third-order valence-corrected chi connectivity index (χ3v) is 14.1. The zero-order valence-corrected chi connectivity index (χ0v) is 26.7. The van der Waals surface area contributed by atoms with Gasteiger partial charge in [-0.05, 0) is 125 Å². The molecule has 228 valence electrons. The zero-order valence-electron chi connectivity index (χ0n) is 26.7. The lowest BCUT2D eigenvalue weighted by Gasteiger charge is -2.70. The molecule has 0 amide bonds. The van der Waals surface area contributed by atoms with Crippen LogP contribution in [0.3, 0.4) is 0 Å². The number of fused-ring (bicyclic) bond motifs is 5. The van der Waals surface area contributed by atoms with Crippen LogP contribution in [0.15, 0.2) is 0 Å². The molecule has 0 unspecified atom stereocenters. The molecule has 6 nitrogen and oxygen atoms in total. The first kappa shape index (κ1) is 30.3. The molecule has 0 radical (unpaired) electrons. The predicted molar refractivity (Wildman–Crippen MR) is 154 cm³/mol. The number of aliphatic hydroxyl groups is 1. The van der Waals surface area contributed by atoms with Gasteiger partial charge in [0.05, 0.1) is 24.4 Å². The molecule has 1 aliphatic heterocycles. The SMILES string of the molecule is COC(=O)CC(=O)O[C@@H]1CC[C@]2(C)[C@H]3CC[C@@H]4[C@@H]([C@]5(C)CC[C@H](O)C(C)(C)O5)CC[C@@]4(C)[C@]3(C)CC[C@H]2C1(C)C. The normalized spacial score (nSPS) is 49.2. The average molecular weight is 561 g/mol. The van der Waals surface area contributed by atoms with Gasteiger partial charge in [0.15, 0.2) is 0 Å². The van der Waals surface area contributed by atoms with Crippen LogP contribution in [0.25, 0.3) is 0 Å². The average Bonchev–Trinajstić information content (AvgIpc) is 3.22. The lowest BCUT2D eigenvalue weighted by Crippen LogP contribution is -2.64. The van der Waals surface area contributed by atoms with E-state index >= 15 is 0 Å². The maximum atomic E-state index is 12.6. The number of hydrogen-bond donors (Lipinski definition) is 1. The first-order valence-electron chi connectivity index (χ1n) is 16.1. The van der Waals surface area contributed by atoms with Crippen LogP contribution in [-0.2, 0) is 23.8 Å². The summed E-state index contributed by atoms with van der Waals surface area (Å²) in [6.07, 6.45) is 10.2. The third-order valence-electron chi connectivity index (χ3n) is 14.1. The van der Waals surface area contributed by atoms with Gasteiger partial charge in [-0.2, -0.15) is 0 Å². The summed E-state index contributed by atoms with van der Waals surface area (Å²) >= 11 is 0. The molecule has 4 aliphatic carbocycles. The number of methoxy groups -OCH3 is 1. The Labute approximate surface area is 242 Å². The largest absolute Gasteiger partial charge is 0.469 e. The number of carbonyl (C=O) groups excluding carboxylic acids is 2. The Morgan fingerprint density at radius 3 is 2.08 bits per heavy atom. The van der Waals surface area contributed by atoms with Crippen molar-refractivity contribution in [2.75, 3.05) is 7.11 Å². The first-order valence-corrected chi connectivity index (χ1v) is 16.1. The minimum absolute atomic E-state index is 0.147. The fourth-order valence-corrected chi connectivity index (χ4v) is 11.8. The molecule has 0 aromatic rings. The quantitative estimate of drug-likeness (QED) is 0.299. The zero-order chi connectivity index (χ0) is 29.5. The first-order chi connectivity index (χ1) is 18.4. The molecule has 1 saturated heterocycles. The van der Waals surface area contributed by atoms with Crippen molar-refractivity contribution >= 4 is 11.9 Å². The van der Waals surface area contributed by atoms with Crippen LogP contribution in [0.1, 0.15) is 126 Å². The van der Waals surface area contributed by atoms with Crippen molar-refractivity contribution in [2.45, 2.75) is 149 Å². The van der Waals surface area contributed by atoms with Crippen LogP contribution in [0.4, 0.5) is 0 Å². The molecule has 0 spiro atoms. The topological polar surface area (TPSA) is 82.1 Å². The van der Waals surface area contributed by atoms with Crippen LogP contribution in [0.2, 0.25) is 0 Å². The van der Waals surface area contributed by atoms with Crippen molar-refractivity contribution < 1.29 is 28.9 Å². The third kappa shape index (κ3) is 4.31. The van der Waals surface area contributed by atoms with Gasteiger partial charge in [-0.1, -0.05) is 34.6 Å². The standard InChI is InChI=1S/C34H56O6/c1-29(2)23-13-18-33(7)24(31(23,5)16-15-26(29)39-28(37)20-27(36)38-9)11-10-21-22(12-17-32(21,33)6)34(8)19-14-25(35)30(3,4)40-34/h21-26,35H,10-20H2,1-9H3/t21-,22+,23+,24-,25+,26-,31+,32-,33-,34+/m1/s1. The van der Waals surface area contributed by atoms with Gasteiger partial charge in [0.25, 0.3) is 0 Å². The van der Waals surface area contributed by atoms with Crippen molar-refractivity contribution in [3.63, 3.8) is 0 Å². The molecule has 5 aliphatic rings. The second-order valence-corrected chi connectivity index (χ2v) is 16.5. The maximum absolute atomic E-state index is 12.6. The van der Waals surface area contributed by atoms with Gasteiger partial charge in [-0.15, -0.1) is 0 Å². The van der Waals surface area contributed by atoms with Gasteiger partial charge in [0.1, 0.15) is 12.5 Å². The summed E-state index contributed by atoms with van der Waals surface area (Å²) in [6.45, 7) is 18.9. The number of aliphatic hydroxyl groups excluding tert-OH is 1. The van der Waals surface area contributed by atoms with E-state index in [0.29, 0.717) is 23.7 Å². The molecule has 6 heteroatoms. The summed E-state index contributed by atoms with van der Waals surface area (Å²) in [5, 5.41) is 10.6. The Balaban J connectivity index is 1.37. The fourth-order valence-electron chi connectivity index (χ4n) is 11.8. The summed E-state index contributed by atoms with van der Waals surface area (Å²) in [6, 6.07) is 0. The van der Waals surface area contributed by atoms with Gasteiger partial charge >= 0.3 is 11.9 Å². The van der Waals surface area contributed by atoms with E-state index in [0.717, 1.165) is 32.1 Å². The minimum atomic E-state index is -0.538. The molecule has 1 heterocycles. The lowest BCUT2D eigenvalue weighted by molar-refractivity contribution is -0.254. The van der Waals surface area contributed by atoms with Crippen molar-refractivity contribution in [3.8, 4) is 0 Å². The van der Waals surface area contributed by atoms with Gasteiger partial charge in [0, 0.05) is 5.41 Å². The van der Waals surface area contributed by atoms with Gasteiger partial charge < -0.3 is 19.3 Å². The molecule has 0 bridgehead atoms. The van der Waals surface area contributed by atoms with E-state index in [1.54, 1.807) is 0 Å². The Kier molecular flexibility index (Phi) is 7.35. The molecule has 4 saturated carbocycles. The second kappa shape index (κ2) is 9.69. The van der Waals surface area contributed by atoms with E-state index in [-0.39, 0.29) is 39.8 Å². The minimum Gasteiger partial charge on any atom is -0.469 e. The number of hydrogen-bond acceptors (Lipinski definition) is 6. The molecule has 5 rings (SSSR count). The highest BCUT2D eigenvalue weighted by Crippen LogP contribution is 2.76. The molecule has 10 atom stereocenters. The molecule has 40 heavy (non-hydrogen) atoms. The lowest BCUT2D eigenvalue weighted by atomic mass is 9.35. The van der Waals surface area contributed by atoms with E-state index < -0.39 is 23.6 Å².